The van der Waals surface area contributed by atoms with E-state index in [0.717, 1.165) is 5.56 Å². The van der Waals surface area contributed by atoms with Crippen LogP contribution in [0.5, 0.6) is 5.75 Å². The number of carboxylic acid groups (broad SMARTS) is 1. The Labute approximate surface area is 103 Å². The first-order valence-corrected chi connectivity index (χ1v) is 5.30. The summed E-state index contributed by atoms with van der Waals surface area (Å²) in [5, 5.41) is 9.18. The minimum Gasteiger partial charge on any atom is -0.449 e. The van der Waals surface area contributed by atoms with Crippen molar-refractivity contribution in [3.8, 4) is 16.9 Å². The van der Waals surface area contributed by atoms with Crippen LogP contribution < -0.4 is 4.74 Å². The lowest BCUT2D eigenvalue weighted by atomic mass is 10.1. The number of rotatable bonds is 2. The Kier molecular flexibility index (Phi) is 3.30. The topological polar surface area (TPSA) is 46.5 Å². The molecule has 2 aromatic rings. The van der Waals surface area contributed by atoms with E-state index < -0.39 is 6.16 Å². The molecule has 0 saturated carbocycles. The first-order chi connectivity index (χ1) is 8.16. The summed E-state index contributed by atoms with van der Waals surface area (Å²) in [6.45, 7) is 0. The summed E-state index contributed by atoms with van der Waals surface area (Å²) in [7, 11) is 0. The largest absolute Gasteiger partial charge is 0.511 e. The molecule has 86 valence electrons. The Hall–Kier alpha value is -2.00. The summed E-state index contributed by atoms with van der Waals surface area (Å²) in [5.41, 5.74) is 1.51. The maximum Gasteiger partial charge on any atom is 0.511 e. The highest BCUT2D eigenvalue weighted by molar-refractivity contribution is 6.31. The van der Waals surface area contributed by atoms with Crippen molar-refractivity contribution in [1.29, 1.82) is 0 Å². The van der Waals surface area contributed by atoms with E-state index in [0.29, 0.717) is 10.6 Å². The smallest absolute Gasteiger partial charge is 0.449 e. The number of carbonyl (C=O) groups is 1. The monoisotopic (exact) mass is 248 g/mol. The number of halogens is 1. The molecular weight excluding hydrogens is 240 g/mol. The van der Waals surface area contributed by atoms with E-state index in [4.69, 9.17) is 21.4 Å². The quantitative estimate of drug-likeness (QED) is 0.644. The highest BCUT2D eigenvalue weighted by Crippen LogP contribution is 2.32. The molecule has 0 radical (unpaired) electrons. The fourth-order valence-electron chi connectivity index (χ4n) is 1.53. The molecule has 0 aliphatic heterocycles. The fourth-order valence-corrected chi connectivity index (χ4v) is 1.70. The lowest BCUT2D eigenvalue weighted by molar-refractivity contribution is 0.144. The molecule has 0 heterocycles. The van der Waals surface area contributed by atoms with Gasteiger partial charge in [0.25, 0.3) is 0 Å². The molecule has 4 heteroatoms. The van der Waals surface area contributed by atoms with Gasteiger partial charge in [0.2, 0.25) is 0 Å². The second-order valence-electron chi connectivity index (χ2n) is 3.37. The van der Waals surface area contributed by atoms with Crippen LogP contribution in [0.3, 0.4) is 0 Å². The van der Waals surface area contributed by atoms with E-state index in [9.17, 15) is 4.79 Å². The summed E-state index contributed by atoms with van der Waals surface area (Å²) in [4.78, 5) is 10.6. The highest BCUT2D eigenvalue weighted by atomic mass is 35.5. The van der Waals surface area contributed by atoms with Crippen molar-refractivity contribution in [2.75, 3.05) is 0 Å². The molecule has 0 bridgehead atoms. The normalized spacial score (nSPS) is 9.94. The zero-order valence-corrected chi connectivity index (χ0v) is 9.52. The van der Waals surface area contributed by atoms with Crippen molar-refractivity contribution in [2.24, 2.45) is 0 Å². The summed E-state index contributed by atoms with van der Waals surface area (Å²) < 4.78 is 4.71. The molecule has 0 aliphatic carbocycles. The third kappa shape index (κ3) is 2.77. The molecule has 0 spiro atoms. The zero-order valence-electron chi connectivity index (χ0n) is 8.76. The third-order valence-electron chi connectivity index (χ3n) is 2.22. The molecular formula is C13H9ClO3. The van der Waals surface area contributed by atoms with Gasteiger partial charge in [0.15, 0.2) is 0 Å². The van der Waals surface area contributed by atoms with E-state index in [-0.39, 0.29) is 5.75 Å². The molecule has 3 nitrogen and oxygen atoms in total. The minimum absolute atomic E-state index is 0.271. The molecule has 0 unspecified atom stereocenters. The van der Waals surface area contributed by atoms with Crippen LogP contribution in [-0.4, -0.2) is 11.3 Å². The Morgan fingerprint density at radius 3 is 2.47 bits per heavy atom. The molecule has 2 aromatic carbocycles. The Morgan fingerprint density at radius 2 is 1.82 bits per heavy atom. The Balaban J connectivity index is 2.51. The Bertz CT molecular complexity index is 538. The van der Waals surface area contributed by atoms with Crippen molar-refractivity contribution >= 4 is 17.8 Å². The maximum absolute atomic E-state index is 10.6. The molecule has 0 amide bonds. The van der Waals surface area contributed by atoms with E-state index in [2.05, 4.69) is 0 Å². The van der Waals surface area contributed by atoms with Gasteiger partial charge < -0.3 is 9.84 Å². The summed E-state index contributed by atoms with van der Waals surface area (Å²) in [6.07, 6.45) is -1.34. The van der Waals surface area contributed by atoms with Crippen LogP contribution in [0.25, 0.3) is 11.1 Å². The van der Waals surface area contributed by atoms with Gasteiger partial charge in [0.1, 0.15) is 5.75 Å². The van der Waals surface area contributed by atoms with Crippen molar-refractivity contribution in [3.05, 3.63) is 53.6 Å². The van der Waals surface area contributed by atoms with Crippen LogP contribution in [0.2, 0.25) is 5.02 Å². The molecule has 0 aromatic heterocycles. The van der Waals surface area contributed by atoms with Crippen molar-refractivity contribution in [1.82, 2.24) is 0 Å². The molecule has 0 fully saturated rings. The lowest BCUT2D eigenvalue weighted by Gasteiger charge is -2.08. The standard InChI is InChI=1S/C13H9ClO3/c14-10-6-7-12(17-13(15)16)11(8-10)9-4-2-1-3-5-9/h1-8H,(H,15,16). The second-order valence-corrected chi connectivity index (χ2v) is 3.81. The summed E-state index contributed by atoms with van der Waals surface area (Å²) in [5.74, 6) is 0.271. The number of benzene rings is 2. The van der Waals surface area contributed by atoms with Gasteiger partial charge in [0, 0.05) is 10.6 Å². The van der Waals surface area contributed by atoms with E-state index in [1.54, 1.807) is 18.2 Å². The van der Waals surface area contributed by atoms with Gasteiger partial charge in [-0.2, -0.15) is 0 Å². The van der Waals surface area contributed by atoms with Gasteiger partial charge in [-0.05, 0) is 23.8 Å². The first-order valence-electron chi connectivity index (χ1n) is 4.92. The predicted octanol–water partition coefficient (Wildman–Crippen LogP) is 4.06. The third-order valence-corrected chi connectivity index (χ3v) is 2.46. The van der Waals surface area contributed by atoms with Crippen LogP contribution in [0.1, 0.15) is 0 Å². The van der Waals surface area contributed by atoms with Crippen LogP contribution in [0, 0.1) is 0 Å². The van der Waals surface area contributed by atoms with Gasteiger partial charge in [-0.25, -0.2) is 4.79 Å². The Morgan fingerprint density at radius 1 is 1.12 bits per heavy atom. The van der Waals surface area contributed by atoms with Crippen molar-refractivity contribution in [2.45, 2.75) is 0 Å². The maximum atomic E-state index is 10.6. The van der Waals surface area contributed by atoms with Crippen LogP contribution in [0.4, 0.5) is 4.79 Å². The predicted molar refractivity (Wildman–Crippen MR) is 65.5 cm³/mol. The number of hydrogen-bond donors (Lipinski definition) is 1. The first kappa shape index (κ1) is 11.5. The SMILES string of the molecule is O=C(O)Oc1ccc(Cl)cc1-c1ccccc1. The van der Waals surface area contributed by atoms with E-state index in [1.165, 1.54) is 0 Å². The second kappa shape index (κ2) is 4.89. The van der Waals surface area contributed by atoms with Crippen molar-refractivity contribution in [3.63, 3.8) is 0 Å². The molecule has 1 N–H and O–H groups in total. The van der Waals surface area contributed by atoms with Crippen LogP contribution in [0.15, 0.2) is 48.5 Å². The van der Waals surface area contributed by atoms with E-state index in [1.807, 2.05) is 30.3 Å². The fraction of sp³-hybridized carbons (Fsp3) is 0. The average molecular weight is 249 g/mol. The highest BCUT2D eigenvalue weighted by Gasteiger charge is 2.10. The minimum atomic E-state index is -1.34. The number of ether oxygens (including phenoxy) is 1. The van der Waals surface area contributed by atoms with Gasteiger partial charge in [0.05, 0.1) is 0 Å². The molecule has 2 rings (SSSR count). The molecule has 0 atom stereocenters. The summed E-state index contributed by atoms with van der Waals surface area (Å²) >= 11 is 5.90. The molecule has 0 aliphatic rings. The molecule has 17 heavy (non-hydrogen) atoms. The number of hydrogen-bond acceptors (Lipinski definition) is 2. The average Bonchev–Trinajstić information content (AvgIpc) is 2.32. The van der Waals surface area contributed by atoms with Crippen molar-refractivity contribution < 1.29 is 14.6 Å². The lowest BCUT2D eigenvalue weighted by Crippen LogP contribution is -2.04. The van der Waals surface area contributed by atoms with Gasteiger partial charge in [-0.3, -0.25) is 0 Å². The zero-order chi connectivity index (χ0) is 12.3. The van der Waals surface area contributed by atoms with Crippen LogP contribution >= 0.6 is 11.6 Å². The summed E-state index contributed by atoms with van der Waals surface area (Å²) in [6, 6.07) is 14.1. The van der Waals surface area contributed by atoms with E-state index >= 15 is 0 Å². The van der Waals surface area contributed by atoms with Gasteiger partial charge in [-0.15, -0.1) is 0 Å². The van der Waals surface area contributed by atoms with Gasteiger partial charge >= 0.3 is 6.16 Å². The van der Waals surface area contributed by atoms with Crippen LogP contribution in [-0.2, 0) is 0 Å². The molecule has 0 saturated heterocycles. The van der Waals surface area contributed by atoms with Gasteiger partial charge in [-0.1, -0.05) is 41.9 Å².